The minimum atomic E-state index is -0.182. The largest absolute Gasteiger partial charge is 0.322 e. The number of carbonyl (C=O) groups is 2. The normalized spacial score (nSPS) is 10.6. The summed E-state index contributed by atoms with van der Waals surface area (Å²) in [5.74, 6) is -0.219. The lowest BCUT2D eigenvalue weighted by molar-refractivity contribution is -0.116. The van der Waals surface area contributed by atoms with E-state index in [9.17, 15) is 9.59 Å². The van der Waals surface area contributed by atoms with Crippen molar-refractivity contribution in [2.75, 3.05) is 10.6 Å². The van der Waals surface area contributed by atoms with Crippen LogP contribution in [0.1, 0.15) is 30.1 Å². The number of carbonyl (C=O) groups excluding carboxylic acids is 2. The van der Waals surface area contributed by atoms with Crippen LogP contribution in [0.4, 0.5) is 10.8 Å². The third-order valence-corrected chi connectivity index (χ3v) is 4.96. The molecule has 2 N–H and O–H groups in total. The second kappa shape index (κ2) is 7.76. The van der Waals surface area contributed by atoms with E-state index in [2.05, 4.69) is 31.5 Å². The molecule has 1 heterocycles. The molecule has 0 saturated heterocycles. The molecule has 2 amide bonds. The van der Waals surface area contributed by atoms with E-state index in [0.717, 1.165) is 21.1 Å². The topological polar surface area (TPSA) is 71.1 Å². The van der Waals surface area contributed by atoms with Crippen LogP contribution in [-0.2, 0) is 4.79 Å². The Kier molecular flexibility index (Phi) is 5.45. The molecule has 0 fully saturated rings. The molecule has 1 aromatic heterocycles. The Bertz CT molecular complexity index is 922. The van der Waals surface area contributed by atoms with Crippen LogP contribution in [0.25, 0.3) is 10.2 Å². The highest BCUT2D eigenvalue weighted by molar-refractivity contribution is 9.10. The zero-order valence-electron chi connectivity index (χ0n) is 13.5. The fourth-order valence-electron chi connectivity index (χ4n) is 2.27. The third kappa shape index (κ3) is 4.43. The first-order chi connectivity index (χ1) is 12.0. The van der Waals surface area contributed by atoms with Crippen molar-refractivity contribution in [1.82, 2.24) is 4.98 Å². The summed E-state index contributed by atoms with van der Waals surface area (Å²) in [5.41, 5.74) is 1.98. The molecule has 0 bridgehead atoms. The van der Waals surface area contributed by atoms with Gasteiger partial charge >= 0.3 is 0 Å². The van der Waals surface area contributed by atoms with Crippen molar-refractivity contribution < 1.29 is 9.59 Å². The average molecular weight is 418 g/mol. The van der Waals surface area contributed by atoms with Crippen LogP contribution < -0.4 is 10.6 Å². The van der Waals surface area contributed by atoms with Crippen LogP contribution in [0, 0.1) is 0 Å². The van der Waals surface area contributed by atoms with Gasteiger partial charge in [-0.25, -0.2) is 4.98 Å². The maximum Gasteiger partial charge on any atom is 0.255 e. The molecule has 0 aliphatic heterocycles. The second-order valence-corrected chi connectivity index (χ2v) is 7.41. The van der Waals surface area contributed by atoms with Gasteiger partial charge < -0.3 is 10.6 Å². The summed E-state index contributed by atoms with van der Waals surface area (Å²) in [6.45, 7) is 1.96. The van der Waals surface area contributed by atoms with Crippen LogP contribution >= 0.6 is 27.3 Å². The third-order valence-electron chi connectivity index (χ3n) is 3.48. The Balaban J connectivity index is 1.75. The number of aromatic nitrogens is 1. The van der Waals surface area contributed by atoms with E-state index in [1.807, 2.05) is 31.2 Å². The van der Waals surface area contributed by atoms with Gasteiger partial charge in [-0.15, -0.1) is 0 Å². The predicted octanol–water partition coefficient (Wildman–Crippen LogP) is 5.05. The Morgan fingerprint density at radius 1 is 1.12 bits per heavy atom. The fourth-order valence-corrected chi connectivity index (χ4v) is 3.40. The molecule has 0 unspecified atom stereocenters. The number of benzene rings is 2. The number of anilines is 2. The number of hydrogen-bond acceptors (Lipinski definition) is 4. The number of nitrogens with one attached hydrogen (secondary N) is 2. The van der Waals surface area contributed by atoms with E-state index in [-0.39, 0.29) is 11.8 Å². The number of nitrogens with zero attached hydrogens (tertiary/aromatic N) is 1. The first kappa shape index (κ1) is 17.6. The summed E-state index contributed by atoms with van der Waals surface area (Å²) in [7, 11) is 0. The SMILES string of the molecule is CCCC(=O)Nc1nc2cc(NC(=O)c3ccc(Br)cc3)ccc2s1. The van der Waals surface area contributed by atoms with Crippen molar-refractivity contribution in [3.63, 3.8) is 0 Å². The van der Waals surface area contributed by atoms with E-state index in [1.165, 1.54) is 11.3 Å². The zero-order chi connectivity index (χ0) is 17.8. The second-order valence-electron chi connectivity index (χ2n) is 5.46. The Morgan fingerprint density at radius 2 is 1.88 bits per heavy atom. The predicted molar refractivity (Wildman–Crippen MR) is 105 cm³/mol. The van der Waals surface area contributed by atoms with Gasteiger partial charge in [0, 0.05) is 22.1 Å². The van der Waals surface area contributed by atoms with Crippen LogP contribution in [-0.4, -0.2) is 16.8 Å². The Labute approximate surface area is 157 Å². The smallest absolute Gasteiger partial charge is 0.255 e. The van der Waals surface area contributed by atoms with Crippen LogP contribution in [0.2, 0.25) is 0 Å². The van der Waals surface area contributed by atoms with Crippen molar-refractivity contribution in [2.24, 2.45) is 0 Å². The zero-order valence-corrected chi connectivity index (χ0v) is 15.9. The molecule has 0 saturated carbocycles. The summed E-state index contributed by atoms with van der Waals surface area (Å²) < 4.78 is 1.87. The lowest BCUT2D eigenvalue weighted by Gasteiger charge is -2.05. The number of rotatable bonds is 5. The summed E-state index contributed by atoms with van der Waals surface area (Å²) in [4.78, 5) is 28.4. The Morgan fingerprint density at radius 3 is 2.60 bits per heavy atom. The number of halogens is 1. The first-order valence-electron chi connectivity index (χ1n) is 7.82. The first-order valence-corrected chi connectivity index (χ1v) is 9.43. The summed E-state index contributed by atoms with van der Waals surface area (Å²) in [5, 5.41) is 6.24. The molecule has 5 nitrogen and oxygen atoms in total. The number of fused-ring (bicyclic) bond motifs is 1. The lowest BCUT2D eigenvalue weighted by atomic mass is 10.2. The maximum atomic E-state index is 12.3. The van der Waals surface area contributed by atoms with Gasteiger partial charge in [0.2, 0.25) is 5.91 Å². The molecule has 3 aromatic rings. The average Bonchev–Trinajstić information content (AvgIpc) is 2.97. The van der Waals surface area contributed by atoms with Gasteiger partial charge in [0.25, 0.3) is 5.91 Å². The Hall–Kier alpha value is -2.25. The molecule has 0 aliphatic carbocycles. The molecule has 0 spiro atoms. The molecule has 0 atom stereocenters. The summed E-state index contributed by atoms with van der Waals surface area (Å²) >= 11 is 4.76. The van der Waals surface area contributed by atoms with E-state index in [1.54, 1.807) is 18.2 Å². The highest BCUT2D eigenvalue weighted by atomic mass is 79.9. The summed E-state index contributed by atoms with van der Waals surface area (Å²) in [6, 6.07) is 12.7. The molecule has 3 rings (SSSR count). The highest BCUT2D eigenvalue weighted by Crippen LogP contribution is 2.28. The maximum absolute atomic E-state index is 12.3. The van der Waals surface area contributed by atoms with Crippen LogP contribution in [0.3, 0.4) is 0 Å². The van der Waals surface area contributed by atoms with Crippen molar-refractivity contribution in [2.45, 2.75) is 19.8 Å². The van der Waals surface area contributed by atoms with Gasteiger partial charge in [-0.05, 0) is 48.9 Å². The number of thiazole rings is 1. The van der Waals surface area contributed by atoms with Gasteiger partial charge in [0.05, 0.1) is 10.2 Å². The molecular weight excluding hydrogens is 402 g/mol. The lowest BCUT2D eigenvalue weighted by Crippen LogP contribution is -2.11. The molecule has 7 heteroatoms. The monoisotopic (exact) mass is 417 g/mol. The van der Waals surface area contributed by atoms with Gasteiger partial charge in [-0.2, -0.15) is 0 Å². The van der Waals surface area contributed by atoms with Gasteiger partial charge in [0.15, 0.2) is 5.13 Å². The van der Waals surface area contributed by atoms with E-state index in [0.29, 0.717) is 22.8 Å². The molecule has 25 heavy (non-hydrogen) atoms. The molecular formula is C18H16BrN3O2S. The van der Waals surface area contributed by atoms with Crippen molar-refractivity contribution in [3.8, 4) is 0 Å². The molecule has 0 radical (unpaired) electrons. The standard InChI is InChI=1S/C18H16BrN3O2S/c1-2-3-16(23)22-18-21-14-10-13(8-9-15(14)25-18)20-17(24)11-4-6-12(19)7-5-11/h4-10H,2-3H2,1H3,(H,20,24)(H,21,22,23). The van der Waals surface area contributed by atoms with Gasteiger partial charge in [-0.1, -0.05) is 34.2 Å². The van der Waals surface area contributed by atoms with Crippen LogP contribution in [0.5, 0.6) is 0 Å². The van der Waals surface area contributed by atoms with Crippen molar-refractivity contribution in [3.05, 3.63) is 52.5 Å². The molecule has 2 aromatic carbocycles. The fraction of sp³-hybridized carbons (Fsp3) is 0.167. The van der Waals surface area contributed by atoms with Crippen LogP contribution in [0.15, 0.2) is 46.9 Å². The van der Waals surface area contributed by atoms with Gasteiger partial charge in [-0.3, -0.25) is 9.59 Å². The van der Waals surface area contributed by atoms with E-state index < -0.39 is 0 Å². The molecule has 128 valence electrons. The molecule has 0 aliphatic rings. The van der Waals surface area contributed by atoms with Crippen molar-refractivity contribution in [1.29, 1.82) is 0 Å². The highest BCUT2D eigenvalue weighted by Gasteiger charge is 2.10. The quantitative estimate of drug-likeness (QED) is 0.609. The van der Waals surface area contributed by atoms with E-state index >= 15 is 0 Å². The number of amides is 2. The number of hydrogen-bond donors (Lipinski definition) is 2. The van der Waals surface area contributed by atoms with E-state index in [4.69, 9.17) is 0 Å². The minimum absolute atomic E-state index is 0.0367. The minimum Gasteiger partial charge on any atom is -0.322 e. The summed E-state index contributed by atoms with van der Waals surface area (Å²) in [6.07, 6.45) is 1.27. The van der Waals surface area contributed by atoms with Crippen molar-refractivity contribution >= 4 is 60.1 Å². The van der Waals surface area contributed by atoms with Gasteiger partial charge in [0.1, 0.15) is 0 Å².